The van der Waals surface area contributed by atoms with Crippen molar-refractivity contribution in [1.82, 2.24) is 9.88 Å². The van der Waals surface area contributed by atoms with Crippen LogP contribution >= 0.6 is 0 Å². The van der Waals surface area contributed by atoms with Crippen LogP contribution in [-0.4, -0.2) is 36.1 Å². The second-order valence-electron chi connectivity index (χ2n) is 5.15. The molecule has 4 heteroatoms. The molecule has 0 amide bonds. The van der Waals surface area contributed by atoms with E-state index in [0.29, 0.717) is 12.6 Å². The summed E-state index contributed by atoms with van der Waals surface area (Å²) < 4.78 is 6.14. The number of pyridine rings is 1. The Morgan fingerprint density at radius 2 is 2.06 bits per heavy atom. The van der Waals surface area contributed by atoms with Crippen LogP contribution in [0.3, 0.4) is 0 Å². The van der Waals surface area contributed by atoms with E-state index in [9.17, 15) is 0 Å². The Morgan fingerprint density at radius 3 is 2.67 bits per heavy atom. The first-order chi connectivity index (χ1) is 8.60. The SMILES string of the molecule is Cc1cc(OC2CCN(C)CC2)c(CN)c(C)n1. The molecule has 0 saturated carbocycles. The molecule has 1 aromatic rings. The van der Waals surface area contributed by atoms with Crippen LogP contribution in [0.15, 0.2) is 6.07 Å². The molecule has 2 heterocycles. The van der Waals surface area contributed by atoms with E-state index in [-0.39, 0.29) is 0 Å². The lowest BCUT2D eigenvalue weighted by Gasteiger charge is -2.30. The van der Waals surface area contributed by atoms with E-state index in [2.05, 4.69) is 16.9 Å². The second kappa shape index (κ2) is 5.67. The molecule has 1 aliphatic heterocycles. The molecule has 0 atom stereocenters. The molecule has 2 rings (SSSR count). The summed E-state index contributed by atoms with van der Waals surface area (Å²) in [6.45, 7) is 6.68. The molecule has 1 saturated heterocycles. The summed E-state index contributed by atoms with van der Waals surface area (Å²) in [6, 6.07) is 2.01. The van der Waals surface area contributed by atoms with Crippen molar-refractivity contribution < 1.29 is 4.74 Å². The number of aromatic nitrogens is 1. The first-order valence-electron chi connectivity index (χ1n) is 6.62. The molecular formula is C14H23N3O. The van der Waals surface area contributed by atoms with Crippen LogP contribution in [0.2, 0.25) is 0 Å². The van der Waals surface area contributed by atoms with Crippen LogP contribution in [0.1, 0.15) is 29.8 Å². The molecule has 100 valence electrons. The summed E-state index contributed by atoms with van der Waals surface area (Å²) in [5.74, 6) is 0.928. The largest absolute Gasteiger partial charge is 0.490 e. The number of rotatable bonds is 3. The minimum Gasteiger partial charge on any atom is -0.490 e. The number of ether oxygens (including phenoxy) is 1. The molecule has 0 radical (unpaired) electrons. The van der Waals surface area contributed by atoms with Gasteiger partial charge in [0.15, 0.2) is 0 Å². The molecule has 1 fully saturated rings. The van der Waals surface area contributed by atoms with Gasteiger partial charge >= 0.3 is 0 Å². The monoisotopic (exact) mass is 249 g/mol. The molecule has 18 heavy (non-hydrogen) atoms. The van der Waals surface area contributed by atoms with E-state index in [1.165, 1.54) is 0 Å². The molecule has 1 aromatic heterocycles. The Bertz CT molecular complexity index is 412. The average molecular weight is 249 g/mol. The van der Waals surface area contributed by atoms with E-state index in [1.807, 2.05) is 19.9 Å². The number of nitrogens with zero attached hydrogens (tertiary/aromatic N) is 2. The number of hydrogen-bond donors (Lipinski definition) is 1. The van der Waals surface area contributed by atoms with Crippen molar-refractivity contribution in [3.8, 4) is 5.75 Å². The van der Waals surface area contributed by atoms with Gasteiger partial charge in [-0.2, -0.15) is 0 Å². The number of aryl methyl sites for hydroxylation is 2. The second-order valence-corrected chi connectivity index (χ2v) is 5.15. The standard InChI is InChI=1S/C14H23N3O/c1-10-8-14(13(9-15)11(2)16-10)18-12-4-6-17(3)7-5-12/h8,12H,4-7,9,15H2,1-3H3. The zero-order chi connectivity index (χ0) is 13.1. The smallest absolute Gasteiger partial charge is 0.127 e. The molecule has 4 nitrogen and oxygen atoms in total. The summed E-state index contributed by atoms with van der Waals surface area (Å²) in [6.07, 6.45) is 2.48. The van der Waals surface area contributed by atoms with Gasteiger partial charge in [0.2, 0.25) is 0 Å². The number of piperidine rings is 1. The summed E-state index contributed by atoms with van der Waals surface area (Å²) >= 11 is 0. The minimum absolute atomic E-state index is 0.313. The average Bonchev–Trinajstić information content (AvgIpc) is 2.32. The third-order valence-electron chi connectivity index (χ3n) is 3.58. The lowest BCUT2D eigenvalue weighted by atomic mass is 10.1. The zero-order valence-corrected chi connectivity index (χ0v) is 11.6. The van der Waals surface area contributed by atoms with Gasteiger partial charge in [-0.25, -0.2) is 0 Å². The fourth-order valence-corrected chi connectivity index (χ4v) is 2.46. The van der Waals surface area contributed by atoms with Gasteiger partial charge in [0, 0.05) is 42.7 Å². The van der Waals surface area contributed by atoms with Crippen LogP contribution in [0.25, 0.3) is 0 Å². The Kier molecular flexibility index (Phi) is 4.19. The van der Waals surface area contributed by atoms with Gasteiger partial charge < -0.3 is 15.4 Å². The van der Waals surface area contributed by atoms with Crippen molar-refractivity contribution in [2.45, 2.75) is 39.3 Å². The van der Waals surface area contributed by atoms with Crippen LogP contribution in [0.4, 0.5) is 0 Å². The summed E-state index contributed by atoms with van der Waals surface area (Å²) in [5.41, 5.74) is 8.82. The summed E-state index contributed by atoms with van der Waals surface area (Å²) in [5, 5.41) is 0. The van der Waals surface area contributed by atoms with E-state index >= 15 is 0 Å². The van der Waals surface area contributed by atoms with Gasteiger partial charge in [0.25, 0.3) is 0 Å². The normalized spacial score (nSPS) is 18.0. The maximum Gasteiger partial charge on any atom is 0.127 e. The fourth-order valence-electron chi connectivity index (χ4n) is 2.46. The Morgan fingerprint density at radius 1 is 1.39 bits per heavy atom. The number of likely N-dealkylation sites (tertiary alicyclic amines) is 1. The van der Waals surface area contributed by atoms with Gasteiger partial charge in [-0.05, 0) is 33.7 Å². The molecule has 2 N–H and O–H groups in total. The van der Waals surface area contributed by atoms with Gasteiger partial charge in [-0.3, -0.25) is 4.98 Å². The maximum absolute atomic E-state index is 6.14. The highest BCUT2D eigenvalue weighted by molar-refractivity contribution is 5.37. The van der Waals surface area contributed by atoms with Crippen LogP contribution < -0.4 is 10.5 Å². The van der Waals surface area contributed by atoms with Crippen molar-refractivity contribution in [2.75, 3.05) is 20.1 Å². The Labute approximate surface area is 109 Å². The Hall–Kier alpha value is -1.13. The van der Waals surface area contributed by atoms with Crippen LogP contribution in [0.5, 0.6) is 5.75 Å². The van der Waals surface area contributed by atoms with E-state index in [1.54, 1.807) is 0 Å². The zero-order valence-electron chi connectivity index (χ0n) is 11.6. The van der Waals surface area contributed by atoms with Crippen LogP contribution in [-0.2, 0) is 6.54 Å². The Balaban J connectivity index is 2.13. The van der Waals surface area contributed by atoms with E-state index < -0.39 is 0 Å². The minimum atomic E-state index is 0.313. The van der Waals surface area contributed by atoms with Crippen molar-refractivity contribution >= 4 is 0 Å². The van der Waals surface area contributed by atoms with Crippen molar-refractivity contribution in [3.05, 3.63) is 23.0 Å². The highest BCUT2D eigenvalue weighted by atomic mass is 16.5. The van der Waals surface area contributed by atoms with Crippen LogP contribution in [0, 0.1) is 13.8 Å². The van der Waals surface area contributed by atoms with Crippen molar-refractivity contribution in [1.29, 1.82) is 0 Å². The molecular weight excluding hydrogens is 226 g/mol. The molecule has 0 spiro atoms. The molecule has 0 unspecified atom stereocenters. The lowest BCUT2D eigenvalue weighted by Crippen LogP contribution is -2.35. The quantitative estimate of drug-likeness (QED) is 0.884. The summed E-state index contributed by atoms with van der Waals surface area (Å²) in [4.78, 5) is 6.78. The third-order valence-corrected chi connectivity index (χ3v) is 3.58. The van der Waals surface area contributed by atoms with Gasteiger partial charge in [0.1, 0.15) is 11.9 Å². The predicted molar refractivity (Wildman–Crippen MR) is 72.7 cm³/mol. The molecule has 0 aliphatic carbocycles. The molecule has 0 bridgehead atoms. The summed E-state index contributed by atoms with van der Waals surface area (Å²) in [7, 11) is 2.16. The van der Waals surface area contributed by atoms with Gasteiger partial charge in [0.05, 0.1) is 0 Å². The topological polar surface area (TPSA) is 51.4 Å². The number of hydrogen-bond acceptors (Lipinski definition) is 4. The molecule has 1 aliphatic rings. The third kappa shape index (κ3) is 3.00. The van der Waals surface area contributed by atoms with E-state index in [4.69, 9.17) is 10.5 Å². The maximum atomic E-state index is 6.14. The first-order valence-corrected chi connectivity index (χ1v) is 6.62. The van der Waals surface area contributed by atoms with Gasteiger partial charge in [-0.1, -0.05) is 0 Å². The number of nitrogens with two attached hydrogens (primary N) is 1. The first kappa shape index (κ1) is 13.3. The van der Waals surface area contributed by atoms with E-state index in [0.717, 1.165) is 48.6 Å². The van der Waals surface area contributed by atoms with Crippen molar-refractivity contribution in [3.63, 3.8) is 0 Å². The van der Waals surface area contributed by atoms with Crippen molar-refractivity contribution in [2.24, 2.45) is 5.73 Å². The fraction of sp³-hybridized carbons (Fsp3) is 0.643. The highest BCUT2D eigenvalue weighted by Gasteiger charge is 2.19. The van der Waals surface area contributed by atoms with Gasteiger partial charge in [-0.15, -0.1) is 0 Å². The molecule has 0 aromatic carbocycles. The lowest BCUT2D eigenvalue weighted by molar-refractivity contribution is 0.113. The highest BCUT2D eigenvalue weighted by Crippen LogP contribution is 2.25. The predicted octanol–water partition coefficient (Wildman–Crippen LogP) is 1.63.